The summed E-state index contributed by atoms with van der Waals surface area (Å²) in [6.07, 6.45) is 2.75. The van der Waals surface area contributed by atoms with Gasteiger partial charge in [-0.1, -0.05) is 15.9 Å². The standard InChI is InChI=1S/C15H19BrN4O/c16-12-2-3-14-13(10-12)15(19-11-18-14)17-4-1-5-20-6-8-21-9-7-20/h2-3,10-11H,1,4-9H2,(H,17,18,19)/p+1. The van der Waals surface area contributed by atoms with Gasteiger partial charge in [0.05, 0.1) is 25.3 Å². The van der Waals surface area contributed by atoms with Crippen molar-refractivity contribution in [3.63, 3.8) is 0 Å². The maximum absolute atomic E-state index is 5.38. The number of nitrogens with zero attached hydrogens (tertiary/aromatic N) is 2. The second-order valence-corrected chi connectivity index (χ2v) is 6.19. The van der Waals surface area contributed by atoms with Crippen molar-refractivity contribution in [2.24, 2.45) is 0 Å². The molecule has 21 heavy (non-hydrogen) atoms. The highest BCUT2D eigenvalue weighted by Crippen LogP contribution is 2.23. The number of quaternary nitrogens is 1. The number of hydrogen-bond donors (Lipinski definition) is 2. The van der Waals surface area contributed by atoms with Gasteiger partial charge in [0, 0.05) is 22.8 Å². The van der Waals surface area contributed by atoms with Gasteiger partial charge in [-0.3, -0.25) is 0 Å². The highest BCUT2D eigenvalue weighted by Gasteiger charge is 2.12. The fourth-order valence-electron chi connectivity index (χ4n) is 2.62. The lowest BCUT2D eigenvalue weighted by Crippen LogP contribution is -3.14. The number of aromatic nitrogens is 2. The molecule has 2 heterocycles. The first-order valence-electron chi connectivity index (χ1n) is 7.38. The lowest BCUT2D eigenvalue weighted by Gasteiger charge is -2.23. The third-order valence-corrected chi connectivity index (χ3v) is 4.29. The molecule has 0 atom stereocenters. The molecule has 2 aromatic rings. The Balaban J connectivity index is 1.56. The molecule has 5 nitrogen and oxygen atoms in total. The molecule has 1 aliphatic rings. The fourth-order valence-corrected chi connectivity index (χ4v) is 2.99. The van der Waals surface area contributed by atoms with Gasteiger partial charge in [-0.15, -0.1) is 0 Å². The van der Waals surface area contributed by atoms with E-state index in [0.29, 0.717) is 0 Å². The molecule has 1 aliphatic heterocycles. The Labute approximate surface area is 132 Å². The number of ether oxygens (including phenoxy) is 1. The molecular formula is C15H20BrN4O+. The minimum Gasteiger partial charge on any atom is -0.370 e. The molecular weight excluding hydrogens is 332 g/mol. The molecule has 0 unspecified atom stereocenters. The summed E-state index contributed by atoms with van der Waals surface area (Å²) in [6.45, 7) is 6.17. The van der Waals surface area contributed by atoms with Gasteiger partial charge in [0.1, 0.15) is 25.2 Å². The molecule has 1 fully saturated rings. The van der Waals surface area contributed by atoms with Crippen LogP contribution in [0.3, 0.4) is 0 Å². The first-order chi connectivity index (χ1) is 10.3. The molecule has 0 bridgehead atoms. The number of fused-ring (bicyclic) bond motifs is 1. The topological polar surface area (TPSA) is 51.5 Å². The molecule has 112 valence electrons. The lowest BCUT2D eigenvalue weighted by atomic mass is 10.2. The summed E-state index contributed by atoms with van der Waals surface area (Å²) in [5, 5.41) is 4.50. The van der Waals surface area contributed by atoms with Crippen molar-refractivity contribution in [1.29, 1.82) is 0 Å². The van der Waals surface area contributed by atoms with Crippen molar-refractivity contribution in [2.75, 3.05) is 44.7 Å². The Morgan fingerprint density at radius 1 is 1.24 bits per heavy atom. The smallest absolute Gasteiger partial charge is 0.137 e. The summed E-state index contributed by atoms with van der Waals surface area (Å²) in [6, 6.07) is 6.07. The molecule has 1 saturated heterocycles. The van der Waals surface area contributed by atoms with Gasteiger partial charge >= 0.3 is 0 Å². The van der Waals surface area contributed by atoms with Crippen LogP contribution < -0.4 is 10.2 Å². The number of halogens is 1. The van der Waals surface area contributed by atoms with E-state index in [1.54, 1.807) is 11.2 Å². The molecule has 2 N–H and O–H groups in total. The van der Waals surface area contributed by atoms with Crippen LogP contribution in [0.25, 0.3) is 10.9 Å². The maximum Gasteiger partial charge on any atom is 0.137 e. The second kappa shape index (κ2) is 7.15. The highest BCUT2D eigenvalue weighted by atomic mass is 79.9. The van der Waals surface area contributed by atoms with E-state index in [9.17, 15) is 0 Å². The summed E-state index contributed by atoms with van der Waals surface area (Å²) in [4.78, 5) is 10.3. The largest absolute Gasteiger partial charge is 0.370 e. The summed E-state index contributed by atoms with van der Waals surface area (Å²) < 4.78 is 6.42. The van der Waals surface area contributed by atoms with Gasteiger partial charge in [-0.2, -0.15) is 0 Å². The van der Waals surface area contributed by atoms with E-state index in [1.807, 2.05) is 12.1 Å². The summed E-state index contributed by atoms with van der Waals surface area (Å²) in [5.41, 5.74) is 0.967. The van der Waals surface area contributed by atoms with Crippen molar-refractivity contribution in [2.45, 2.75) is 6.42 Å². The van der Waals surface area contributed by atoms with Crippen LogP contribution in [-0.4, -0.2) is 49.4 Å². The van der Waals surface area contributed by atoms with Gasteiger partial charge in [0.2, 0.25) is 0 Å². The number of morpholine rings is 1. The maximum atomic E-state index is 5.38. The zero-order chi connectivity index (χ0) is 14.5. The molecule has 1 aromatic carbocycles. The van der Waals surface area contributed by atoms with E-state index in [4.69, 9.17) is 4.74 Å². The van der Waals surface area contributed by atoms with E-state index in [1.165, 1.54) is 6.54 Å². The average Bonchev–Trinajstić information content (AvgIpc) is 2.53. The Hall–Kier alpha value is -1.24. The number of hydrogen-bond acceptors (Lipinski definition) is 4. The van der Waals surface area contributed by atoms with Crippen LogP contribution in [0.1, 0.15) is 6.42 Å². The van der Waals surface area contributed by atoms with Gasteiger partial charge in [0.25, 0.3) is 0 Å². The molecule has 1 aromatic heterocycles. The Bertz CT molecular complexity index is 601. The molecule has 0 radical (unpaired) electrons. The molecule has 6 heteroatoms. The van der Waals surface area contributed by atoms with Gasteiger partial charge in [-0.25, -0.2) is 9.97 Å². The van der Waals surface area contributed by atoms with Crippen molar-refractivity contribution < 1.29 is 9.64 Å². The SMILES string of the molecule is Brc1ccc2ncnc(NCCC[NH+]3CCOCC3)c2c1. The average molecular weight is 352 g/mol. The Kier molecular flexibility index (Phi) is 5.00. The van der Waals surface area contributed by atoms with Crippen molar-refractivity contribution in [3.05, 3.63) is 29.0 Å². The minimum absolute atomic E-state index is 0.896. The van der Waals surface area contributed by atoms with Crippen LogP contribution in [0.4, 0.5) is 5.82 Å². The van der Waals surface area contributed by atoms with E-state index in [0.717, 1.165) is 60.5 Å². The van der Waals surface area contributed by atoms with E-state index >= 15 is 0 Å². The van der Waals surface area contributed by atoms with Crippen molar-refractivity contribution in [3.8, 4) is 0 Å². The predicted molar refractivity (Wildman–Crippen MR) is 86.7 cm³/mol. The molecule has 0 amide bonds. The predicted octanol–water partition coefficient (Wildman–Crippen LogP) is 1.11. The van der Waals surface area contributed by atoms with Crippen LogP contribution in [0.2, 0.25) is 0 Å². The van der Waals surface area contributed by atoms with Crippen molar-refractivity contribution in [1.82, 2.24) is 9.97 Å². The quantitative estimate of drug-likeness (QED) is 0.792. The Morgan fingerprint density at radius 3 is 2.95 bits per heavy atom. The molecule has 3 rings (SSSR count). The number of anilines is 1. The summed E-state index contributed by atoms with van der Waals surface area (Å²) >= 11 is 3.50. The van der Waals surface area contributed by atoms with E-state index in [-0.39, 0.29) is 0 Å². The fraction of sp³-hybridized carbons (Fsp3) is 0.467. The van der Waals surface area contributed by atoms with Crippen molar-refractivity contribution >= 4 is 32.7 Å². The highest BCUT2D eigenvalue weighted by molar-refractivity contribution is 9.10. The van der Waals surface area contributed by atoms with Crippen LogP contribution in [0.15, 0.2) is 29.0 Å². The molecule has 0 aliphatic carbocycles. The third-order valence-electron chi connectivity index (χ3n) is 3.80. The zero-order valence-electron chi connectivity index (χ0n) is 11.9. The Morgan fingerprint density at radius 2 is 2.10 bits per heavy atom. The number of nitrogens with one attached hydrogen (secondary N) is 2. The summed E-state index contributed by atoms with van der Waals surface area (Å²) in [5.74, 6) is 0.915. The lowest BCUT2D eigenvalue weighted by molar-refractivity contribution is -0.908. The van der Waals surface area contributed by atoms with Crippen LogP contribution in [0, 0.1) is 0 Å². The molecule has 0 saturated carbocycles. The van der Waals surface area contributed by atoms with Crippen LogP contribution in [-0.2, 0) is 4.74 Å². The van der Waals surface area contributed by atoms with E-state index < -0.39 is 0 Å². The normalized spacial score (nSPS) is 16.2. The van der Waals surface area contributed by atoms with Gasteiger partial charge < -0.3 is 15.0 Å². The van der Waals surface area contributed by atoms with Gasteiger partial charge in [0.15, 0.2) is 0 Å². The number of benzene rings is 1. The minimum atomic E-state index is 0.896. The van der Waals surface area contributed by atoms with Crippen LogP contribution >= 0.6 is 15.9 Å². The third kappa shape index (κ3) is 3.90. The van der Waals surface area contributed by atoms with E-state index in [2.05, 4.69) is 37.3 Å². The zero-order valence-corrected chi connectivity index (χ0v) is 13.5. The molecule has 0 spiro atoms. The first-order valence-corrected chi connectivity index (χ1v) is 8.18. The number of rotatable bonds is 5. The first kappa shape index (κ1) is 14.7. The van der Waals surface area contributed by atoms with Gasteiger partial charge in [-0.05, 0) is 18.2 Å². The van der Waals surface area contributed by atoms with Crippen LogP contribution in [0.5, 0.6) is 0 Å². The second-order valence-electron chi connectivity index (χ2n) is 5.28. The summed E-state index contributed by atoms with van der Waals surface area (Å²) in [7, 11) is 0. The monoisotopic (exact) mass is 351 g/mol.